The number of nitrogens with zero attached hydrogens (tertiary/aromatic N) is 2. The van der Waals surface area contributed by atoms with Crippen molar-refractivity contribution in [1.29, 1.82) is 0 Å². The van der Waals surface area contributed by atoms with Crippen molar-refractivity contribution >= 4 is 0 Å². The highest BCUT2D eigenvalue weighted by Gasteiger charge is 1.86. The Morgan fingerprint density at radius 1 is 0.895 bits per heavy atom. The van der Waals surface area contributed by atoms with E-state index in [4.69, 9.17) is 0 Å². The van der Waals surface area contributed by atoms with Crippen LogP contribution in [0.25, 0.3) is 0 Å². The monoisotopic (exact) mass is 264 g/mol. The molecular weight excluding hydrogens is 239 g/mol. The summed E-state index contributed by atoms with van der Waals surface area (Å²) in [5, 5.41) is 0. The van der Waals surface area contributed by atoms with Crippen LogP contribution in [-0.4, -0.2) is 9.97 Å². The molecule has 2 nitrogen and oxygen atoms in total. The SMILES string of the molecule is CC.CC.Cc1cccnc1.Cc1ccnc(F)c1. The summed E-state index contributed by atoms with van der Waals surface area (Å²) < 4.78 is 12.1. The molecule has 2 aromatic rings. The van der Waals surface area contributed by atoms with Crippen LogP contribution >= 0.6 is 0 Å². The van der Waals surface area contributed by atoms with Gasteiger partial charge in [-0.2, -0.15) is 4.39 Å². The van der Waals surface area contributed by atoms with Crippen LogP contribution in [0, 0.1) is 19.8 Å². The minimum Gasteiger partial charge on any atom is -0.264 e. The summed E-state index contributed by atoms with van der Waals surface area (Å²) in [5.41, 5.74) is 2.11. The molecule has 0 aliphatic heterocycles. The molecule has 106 valence electrons. The van der Waals surface area contributed by atoms with E-state index in [0.717, 1.165) is 5.56 Å². The molecule has 2 heterocycles. The zero-order chi connectivity index (χ0) is 15.1. The third-order valence-electron chi connectivity index (χ3n) is 1.69. The van der Waals surface area contributed by atoms with Crippen molar-refractivity contribution in [2.45, 2.75) is 41.5 Å². The van der Waals surface area contributed by atoms with E-state index < -0.39 is 5.95 Å². The van der Waals surface area contributed by atoms with E-state index in [9.17, 15) is 4.39 Å². The Morgan fingerprint density at radius 2 is 1.53 bits per heavy atom. The topological polar surface area (TPSA) is 25.8 Å². The second-order valence-electron chi connectivity index (χ2n) is 3.19. The first-order chi connectivity index (χ1) is 9.18. The van der Waals surface area contributed by atoms with Crippen molar-refractivity contribution in [3.05, 3.63) is 59.9 Å². The number of hydrogen-bond donors (Lipinski definition) is 0. The molecule has 2 aromatic heterocycles. The normalized spacial score (nSPS) is 7.74. The second kappa shape index (κ2) is 14.3. The predicted octanol–water partition coefficient (Wildman–Crippen LogP) is 4.97. The Morgan fingerprint density at radius 3 is 1.79 bits per heavy atom. The van der Waals surface area contributed by atoms with Gasteiger partial charge in [0.2, 0.25) is 5.95 Å². The lowest BCUT2D eigenvalue weighted by Crippen LogP contribution is -1.79. The molecule has 0 atom stereocenters. The second-order valence-corrected chi connectivity index (χ2v) is 3.19. The highest BCUT2D eigenvalue weighted by Crippen LogP contribution is 1.95. The molecule has 0 aliphatic rings. The van der Waals surface area contributed by atoms with Crippen LogP contribution in [0.2, 0.25) is 0 Å². The van der Waals surface area contributed by atoms with Crippen LogP contribution in [0.1, 0.15) is 38.8 Å². The fourth-order valence-electron chi connectivity index (χ4n) is 0.947. The Bertz CT molecular complexity index is 385. The number of pyridine rings is 2. The average Bonchev–Trinajstić information content (AvgIpc) is 2.44. The smallest absolute Gasteiger partial charge is 0.213 e. The molecule has 0 N–H and O–H groups in total. The first-order valence-electron chi connectivity index (χ1n) is 6.63. The van der Waals surface area contributed by atoms with E-state index in [1.807, 2.05) is 59.9 Å². The van der Waals surface area contributed by atoms with Gasteiger partial charge in [-0.1, -0.05) is 33.8 Å². The lowest BCUT2D eigenvalue weighted by atomic mass is 10.3. The zero-order valence-corrected chi connectivity index (χ0v) is 12.8. The first kappa shape index (κ1) is 19.6. The van der Waals surface area contributed by atoms with Crippen molar-refractivity contribution in [2.24, 2.45) is 0 Å². The lowest BCUT2D eigenvalue weighted by molar-refractivity contribution is 0.582. The zero-order valence-electron chi connectivity index (χ0n) is 12.8. The third-order valence-corrected chi connectivity index (χ3v) is 1.69. The van der Waals surface area contributed by atoms with Gasteiger partial charge in [-0.05, 0) is 43.2 Å². The molecule has 0 amide bonds. The Labute approximate surface area is 116 Å². The summed E-state index contributed by atoms with van der Waals surface area (Å²) in [6, 6.07) is 7.09. The highest BCUT2D eigenvalue weighted by atomic mass is 19.1. The van der Waals surface area contributed by atoms with Crippen molar-refractivity contribution < 1.29 is 4.39 Å². The minimum atomic E-state index is -0.412. The van der Waals surface area contributed by atoms with Gasteiger partial charge in [0, 0.05) is 18.6 Å². The number of aromatic nitrogens is 2. The van der Waals surface area contributed by atoms with Crippen LogP contribution < -0.4 is 0 Å². The number of hydrogen-bond acceptors (Lipinski definition) is 2. The fourth-order valence-corrected chi connectivity index (χ4v) is 0.947. The van der Waals surface area contributed by atoms with Gasteiger partial charge in [0.1, 0.15) is 0 Å². The minimum absolute atomic E-state index is 0.412. The van der Waals surface area contributed by atoms with Gasteiger partial charge in [0.05, 0.1) is 0 Å². The van der Waals surface area contributed by atoms with Crippen LogP contribution in [0.3, 0.4) is 0 Å². The quantitative estimate of drug-likeness (QED) is 0.628. The lowest BCUT2D eigenvalue weighted by Gasteiger charge is -1.86. The van der Waals surface area contributed by atoms with E-state index in [1.54, 1.807) is 12.3 Å². The molecule has 0 fully saturated rings. The highest BCUT2D eigenvalue weighted by molar-refractivity contribution is 5.07. The molecule has 0 aliphatic carbocycles. The van der Waals surface area contributed by atoms with E-state index >= 15 is 0 Å². The van der Waals surface area contributed by atoms with Crippen molar-refractivity contribution in [1.82, 2.24) is 9.97 Å². The largest absolute Gasteiger partial charge is 0.264 e. The van der Waals surface area contributed by atoms with Gasteiger partial charge >= 0.3 is 0 Å². The molecule has 19 heavy (non-hydrogen) atoms. The van der Waals surface area contributed by atoms with Gasteiger partial charge < -0.3 is 0 Å². The van der Waals surface area contributed by atoms with Crippen molar-refractivity contribution in [2.75, 3.05) is 0 Å². The van der Waals surface area contributed by atoms with E-state index in [2.05, 4.69) is 9.97 Å². The molecule has 0 spiro atoms. The number of halogens is 1. The molecule has 0 bridgehead atoms. The van der Waals surface area contributed by atoms with Gasteiger partial charge in [-0.15, -0.1) is 0 Å². The number of rotatable bonds is 0. The molecule has 0 saturated heterocycles. The van der Waals surface area contributed by atoms with Gasteiger partial charge in [0.15, 0.2) is 0 Å². The average molecular weight is 264 g/mol. The molecule has 3 heteroatoms. The van der Waals surface area contributed by atoms with Gasteiger partial charge in [-0.3, -0.25) is 4.98 Å². The molecule has 0 radical (unpaired) electrons. The Hall–Kier alpha value is -1.77. The van der Waals surface area contributed by atoms with E-state index in [1.165, 1.54) is 17.8 Å². The maximum atomic E-state index is 12.1. The van der Waals surface area contributed by atoms with Crippen molar-refractivity contribution in [3.8, 4) is 0 Å². The van der Waals surface area contributed by atoms with Gasteiger partial charge in [0.25, 0.3) is 0 Å². The van der Waals surface area contributed by atoms with Gasteiger partial charge in [-0.25, -0.2) is 4.98 Å². The summed E-state index contributed by atoms with van der Waals surface area (Å²) in [5.74, 6) is -0.412. The summed E-state index contributed by atoms with van der Waals surface area (Å²) in [6.07, 6.45) is 5.05. The summed E-state index contributed by atoms with van der Waals surface area (Å²) in [7, 11) is 0. The predicted molar refractivity (Wildman–Crippen MR) is 80.6 cm³/mol. The summed E-state index contributed by atoms with van der Waals surface area (Å²) in [4.78, 5) is 7.26. The molecule has 0 unspecified atom stereocenters. The standard InChI is InChI=1S/C6H6FN.C6H7N.2C2H6/c1-5-2-3-8-6(7)4-5;1-6-3-2-4-7-5-6;2*1-2/h2-4H,1H3;2-5H,1H3;2*1-2H3. The third kappa shape index (κ3) is 12.5. The maximum Gasteiger partial charge on any atom is 0.213 e. The molecule has 2 rings (SSSR count). The van der Waals surface area contributed by atoms with Crippen LogP contribution in [0.5, 0.6) is 0 Å². The van der Waals surface area contributed by atoms with Crippen LogP contribution in [0.4, 0.5) is 4.39 Å². The Balaban J connectivity index is 0. The van der Waals surface area contributed by atoms with Crippen molar-refractivity contribution in [3.63, 3.8) is 0 Å². The fraction of sp³-hybridized carbons (Fsp3) is 0.375. The Kier molecular flexibility index (Phi) is 14.7. The molecule has 0 saturated carbocycles. The maximum absolute atomic E-state index is 12.1. The summed E-state index contributed by atoms with van der Waals surface area (Å²) >= 11 is 0. The molecule has 0 aromatic carbocycles. The number of aryl methyl sites for hydroxylation is 2. The summed E-state index contributed by atoms with van der Waals surface area (Å²) in [6.45, 7) is 11.8. The first-order valence-corrected chi connectivity index (χ1v) is 6.63. The van der Waals surface area contributed by atoms with E-state index in [0.29, 0.717) is 0 Å². The van der Waals surface area contributed by atoms with E-state index in [-0.39, 0.29) is 0 Å². The van der Waals surface area contributed by atoms with Crippen LogP contribution in [-0.2, 0) is 0 Å². The molecular formula is C16H25FN2. The van der Waals surface area contributed by atoms with Crippen LogP contribution in [0.15, 0.2) is 42.9 Å².